The average molecular weight is 390 g/mol. The molecule has 0 aliphatic carbocycles. The Kier molecular flexibility index (Phi) is 5.24. The molecule has 1 aromatic carbocycles. The lowest BCUT2D eigenvalue weighted by Crippen LogP contribution is -2.44. The molecule has 1 aliphatic heterocycles. The largest absolute Gasteiger partial charge is 0.472 e. The van der Waals surface area contributed by atoms with Crippen molar-refractivity contribution in [2.45, 2.75) is 19.4 Å². The molecule has 3 heterocycles. The first-order valence-electron chi connectivity index (χ1n) is 9.36. The molecule has 0 amide bonds. The smallest absolute Gasteiger partial charge is 0.336 e. The van der Waals surface area contributed by atoms with E-state index in [1.54, 1.807) is 25.5 Å². The number of carbonyl (C=O) groups is 2. The van der Waals surface area contributed by atoms with Crippen LogP contribution in [0.1, 0.15) is 35.2 Å². The highest BCUT2D eigenvalue weighted by Crippen LogP contribution is 2.40. The maximum absolute atomic E-state index is 12.3. The number of esters is 2. The van der Waals surface area contributed by atoms with Gasteiger partial charge in [-0.25, -0.2) is 9.59 Å². The summed E-state index contributed by atoms with van der Waals surface area (Å²) >= 11 is 0. The van der Waals surface area contributed by atoms with Crippen molar-refractivity contribution in [1.82, 2.24) is 0 Å². The van der Waals surface area contributed by atoms with E-state index in [0.717, 1.165) is 34.5 Å². The van der Waals surface area contributed by atoms with Crippen LogP contribution in [0.25, 0.3) is 0 Å². The van der Waals surface area contributed by atoms with Gasteiger partial charge in [-0.05, 0) is 19.1 Å². The van der Waals surface area contributed by atoms with E-state index in [1.807, 2.05) is 36.5 Å². The third kappa shape index (κ3) is 3.82. The highest BCUT2D eigenvalue weighted by atomic mass is 16.5. The van der Waals surface area contributed by atoms with E-state index in [4.69, 9.17) is 13.9 Å². The van der Waals surface area contributed by atoms with Crippen LogP contribution in [0.3, 0.4) is 0 Å². The molecule has 0 bridgehead atoms. The summed E-state index contributed by atoms with van der Waals surface area (Å²) in [7, 11) is 0. The molecule has 1 atom stereocenters. The highest BCUT2D eigenvalue weighted by Gasteiger charge is 2.36. The van der Waals surface area contributed by atoms with Gasteiger partial charge in [0.2, 0.25) is 0 Å². The fourth-order valence-corrected chi connectivity index (χ4v) is 3.62. The van der Waals surface area contributed by atoms with E-state index >= 15 is 0 Å². The zero-order valence-electron chi connectivity index (χ0n) is 15.9. The molecule has 0 N–H and O–H groups in total. The van der Waals surface area contributed by atoms with Gasteiger partial charge < -0.3 is 13.9 Å². The number of ether oxygens (including phenoxy) is 2. The van der Waals surface area contributed by atoms with E-state index in [1.165, 1.54) is 0 Å². The van der Waals surface area contributed by atoms with Crippen molar-refractivity contribution in [2.24, 2.45) is 0 Å². The molecule has 1 aliphatic rings. The summed E-state index contributed by atoms with van der Waals surface area (Å²) in [4.78, 5) is 23.8. The lowest BCUT2D eigenvalue weighted by Gasteiger charge is -2.24. The summed E-state index contributed by atoms with van der Waals surface area (Å²) in [5, 5.41) is 0. The first-order valence-corrected chi connectivity index (χ1v) is 9.36. The van der Waals surface area contributed by atoms with Gasteiger partial charge in [0.1, 0.15) is 11.7 Å². The first-order chi connectivity index (χ1) is 14.2. The van der Waals surface area contributed by atoms with Gasteiger partial charge >= 0.3 is 11.9 Å². The van der Waals surface area contributed by atoms with Gasteiger partial charge in [0.25, 0.3) is 0 Å². The third-order valence-corrected chi connectivity index (χ3v) is 4.79. The summed E-state index contributed by atoms with van der Waals surface area (Å²) in [5.74, 6) is -0.899. The predicted molar refractivity (Wildman–Crippen MR) is 103 cm³/mol. The topological polar surface area (TPSA) is 69.6 Å². The molecule has 1 unspecified atom stereocenters. The van der Waals surface area contributed by atoms with Crippen molar-refractivity contribution in [3.05, 3.63) is 95.7 Å². The Bertz CT molecular complexity index is 1070. The molecule has 2 aromatic heterocycles. The van der Waals surface area contributed by atoms with Crippen LogP contribution >= 0.6 is 0 Å². The molecule has 0 spiro atoms. The van der Waals surface area contributed by atoms with Crippen molar-refractivity contribution in [3.63, 3.8) is 0 Å². The van der Waals surface area contributed by atoms with Gasteiger partial charge in [0.15, 0.2) is 18.4 Å². The Morgan fingerprint density at radius 1 is 1.14 bits per heavy atom. The first kappa shape index (κ1) is 18.7. The summed E-state index contributed by atoms with van der Waals surface area (Å²) in [6.45, 7) is 2.62. The minimum Gasteiger partial charge on any atom is -0.472 e. The Morgan fingerprint density at radius 3 is 2.79 bits per heavy atom. The van der Waals surface area contributed by atoms with Crippen LogP contribution in [0.5, 0.6) is 5.75 Å². The van der Waals surface area contributed by atoms with E-state index < -0.39 is 11.9 Å². The molecule has 146 valence electrons. The fraction of sp³-hybridized carbons (Fsp3) is 0.174. The van der Waals surface area contributed by atoms with Crippen molar-refractivity contribution in [1.29, 1.82) is 0 Å². The highest BCUT2D eigenvalue weighted by molar-refractivity contribution is 5.92. The van der Waals surface area contributed by atoms with E-state index in [0.29, 0.717) is 12.3 Å². The van der Waals surface area contributed by atoms with Gasteiger partial charge in [0, 0.05) is 41.0 Å². The van der Waals surface area contributed by atoms with Crippen LogP contribution in [0.15, 0.2) is 77.8 Å². The summed E-state index contributed by atoms with van der Waals surface area (Å²) in [5.41, 5.74) is 4.01. The van der Waals surface area contributed by atoms with Crippen molar-refractivity contribution >= 4 is 11.9 Å². The molecular formula is C23H20NO5+. The van der Waals surface area contributed by atoms with Crippen LogP contribution in [-0.4, -0.2) is 18.5 Å². The van der Waals surface area contributed by atoms with Gasteiger partial charge in [-0.15, -0.1) is 0 Å². The van der Waals surface area contributed by atoms with Crippen molar-refractivity contribution in [3.8, 4) is 5.75 Å². The number of fused-ring (bicyclic) bond motifs is 2. The van der Waals surface area contributed by atoms with Gasteiger partial charge in [-0.2, -0.15) is 4.57 Å². The number of rotatable bonds is 5. The van der Waals surface area contributed by atoms with Gasteiger partial charge in [0.05, 0.1) is 19.1 Å². The van der Waals surface area contributed by atoms with Crippen LogP contribution in [0.4, 0.5) is 0 Å². The Hall–Kier alpha value is -3.67. The quantitative estimate of drug-likeness (QED) is 0.227. The van der Waals surface area contributed by atoms with Crippen LogP contribution in [0, 0.1) is 0 Å². The fourth-order valence-electron chi connectivity index (χ4n) is 3.62. The van der Waals surface area contributed by atoms with Crippen molar-refractivity contribution < 1.29 is 28.0 Å². The van der Waals surface area contributed by atoms with Crippen LogP contribution in [0.2, 0.25) is 0 Å². The number of aromatic nitrogens is 1. The number of nitrogens with zero attached hydrogens (tertiary/aromatic N) is 1. The number of hydrogen-bond acceptors (Lipinski definition) is 5. The SMILES string of the molecule is CCOC(=O)C=CC(=O)Oc1cccc2c1C(c1ccoc1)c1cccc[n+]1C2. The van der Waals surface area contributed by atoms with E-state index in [2.05, 4.69) is 10.6 Å². The van der Waals surface area contributed by atoms with Crippen LogP contribution < -0.4 is 9.30 Å². The standard InChI is InChI=1S/C23H20NO5/c1-2-28-20(25)9-10-21(26)29-19-8-5-6-16-14-24-12-4-3-7-18(24)22(23(16)19)17-11-13-27-15-17/h3-13,15,22H,2,14H2,1H3/q+1. The average Bonchev–Trinajstić information content (AvgIpc) is 3.25. The molecule has 0 saturated carbocycles. The van der Waals surface area contributed by atoms with Gasteiger partial charge in [-0.3, -0.25) is 0 Å². The number of benzene rings is 1. The zero-order valence-corrected chi connectivity index (χ0v) is 15.9. The number of furan rings is 1. The van der Waals surface area contributed by atoms with Crippen molar-refractivity contribution in [2.75, 3.05) is 6.61 Å². The van der Waals surface area contributed by atoms with E-state index in [9.17, 15) is 9.59 Å². The number of hydrogen-bond donors (Lipinski definition) is 0. The minimum absolute atomic E-state index is 0.142. The normalized spacial score (nSPS) is 14.9. The summed E-state index contributed by atoms with van der Waals surface area (Å²) < 4.78 is 17.9. The minimum atomic E-state index is -0.635. The Morgan fingerprint density at radius 2 is 2.00 bits per heavy atom. The molecule has 6 heteroatoms. The lowest BCUT2D eigenvalue weighted by atomic mass is 9.83. The summed E-state index contributed by atoms with van der Waals surface area (Å²) in [6, 6.07) is 13.6. The molecule has 0 radical (unpaired) electrons. The molecule has 29 heavy (non-hydrogen) atoms. The third-order valence-electron chi connectivity index (χ3n) is 4.79. The molecule has 0 saturated heterocycles. The molecule has 3 aromatic rings. The predicted octanol–water partition coefficient (Wildman–Crippen LogP) is 3.13. The monoisotopic (exact) mass is 390 g/mol. The molecule has 4 rings (SSSR count). The van der Waals surface area contributed by atoms with E-state index in [-0.39, 0.29) is 12.5 Å². The maximum atomic E-state index is 12.3. The molecular weight excluding hydrogens is 370 g/mol. The second kappa shape index (κ2) is 8.14. The zero-order chi connectivity index (χ0) is 20.2. The van der Waals surface area contributed by atoms with Gasteiger partial charge in [-0.1, -0.05) is 18.2 Å². The van der Waals surface area contributed by atoms with Crippen LogP contribution in [-0.2, 0) is 20.9 Å². The molecule has 6 nitrogen and oxygen atoms in total. The Balaban J connectivity index is 1.71. The lowest BCUT2D eigenvalue weighted by molar-refractivity contribution is -0.698. The summed E-state index contributed by atoms with van der Waals surface area (Å²) in [6.07, 6.45) is 7.52. The second-order valence-corrected chi connectivity index (χ2v) is 6.58. The molecule has 0 fully saturated rings. The number of pyridine rings is 1. The maximum Gasteiger partial charge on any atom is 0.336 e. The second-order valence-electron chi connectivity index (χ2n) is 6.58. The Labute approximate surface area is 168 Å². The number of carbonyl (C=O) groups excluding carboxylic acids is 2.